The van der Waals surface area contributed by atoms with Crippen LogP contribution >= 0.6 is 0 Å². The van der Waals surface area contributed by atoms with E-state index in [1.807, 2.05) is 0 Å². The molecule has 0 spiro atoms. The normalized spacial score (nSPS) is 11.3. The quantitative estimate of drug-likeness (QED) is 0.167. The highest BCUT2D eigenvalue weighted by atomic mass is 15.1. The minimum absolute atomic E-state index is 1.12. The minimum Gasteiger partial charge on any atom is -0.311 e. The highest BCUT2D eigenvalue weighted by Gasteiger charge is 2.14. The maximum Gasteiger partial charge on any atom is 0.0462 e. The molecule has 0 aliphatic carbocycles. The second-order valence-electron chi connectivity index (χ2n) is 12.6. The molecular formula is C48H33N. The summed E-state index contributed by atoms with van der Waals surface area (Å²) in [7, 11) is 0. The van der Waals surface area contributed by atoms with Gasteiger partial charge >= 0.3 is 0 Å². The Morgan fingerprint density at radius 3 is 1.33 bits per heavy atom. The van der Waals surface area contributed by atoms with Gasteiger partial charge in [0.15, 0.2) is 0 Å². The molecule has 0 N–H and O–H groups in total. The Labute approximate surface area is 287 Å². The zero-order chi connectivity index (χ0) is 32.6. The number of fused-ring (bicyclic) bond motifs is 5. The largest absolute Gasteiger partial charge is 0.311 e. The molecular weight excluding hydrogens is 591 g/mol. The molecule has 0 radical (unpaired) electrons. The van der Waals surface area contributed by atoms with Crippen LogP contribution in [-0.4, -0.2) is 0 Å². The van der Waals surface area contributed by atoms with E-state index >= 15 is 0 Å². The number of nitrogens with zero attached hydrogens (tertiary/aromatic N) is 1. The lowest BCUT2D eigenvalue weighted by Gasteiger charge is -2.26. The third-order valence-corrected chi connectivity index (χ3v) is 9.63. The fourth-order valence-electron chi connectivity index (χ4n) is 7.14. The molecule has 9 aromatic carbocycles. The number of hydrogen-bond acceptors (Lipinski definition) is 1. The van der Waals surface area contributed by atoms with Gasteiger partial charge in [-0.3, -0.25) is 0 Å². The van der Waals surface area contributed by atoms with Gasteiger partial charge in [-0.2, -0.15) is 0 Å². The standard InChI is InChI=1S/C48H33N/c1-3-10-34(11-4-1)40-13-9-14-41(32-40)35-24-28-44(29-25-35)49(43-15-5-2-6-16-43)45-30-26-36(27-31-45)42-23-20-38-19-22-39-21-18-37-12-7-8-17-46(37)48(39)47(38)33-42/h1-33H. The van der Waals surface area contributed by atoms with Gasteiger partial charge in [0.05, 0.1) is 0 Å². The third kappa shape index (κ3) is 5.42. The highest BCUT2D eigenvalue weighted by molar-refractivity contribution is 6.20. The van der Waals surface area contributed by atoms with Crippen LogP contribution in [0.2, 0.25) is 0 Å². The summed E-state index contributed by atoms with van der Waals surface area (Å²) in [6.07, 6.45) is 0. The van der Waals surface area contributed by atoms with E-state index in [1.165, 1.54) is 65.7 Å². The van der Waals surface area contributed by atoms with Crippen LogP contribution in [0.3, 0.4) is 0 Å². The number of benzene rings is 9. The molecule has 230 valence electrons. The van der Waals surface area contributed by atoms with E-state index in [0.717, 1.165) is 17.1 Å². The molecule has 0 bridgehead atoms. The first-order chi connectivity index (χ1) is 24.3. The molecule has 1 heteroatoms. The molecule has 0 saturated carbocycles. The van der Waals surface area contributed by atoms with Crippen molar-refractivity contribution in [3.05, 3.63) is 200 Å². The fraction of sp³-hybridized carbons (Fsp3) is 0. The van der Waals surface area contributed by atoms with Crippen LogP contribution in [0.5, 0.6) is 0 Å². The zero-order valence-corrected chi connectivity index (χ0v) is 27.0. The van der Waals surface area contributed by atoms with Crippen molar-refractivity contribution >= 4 is 49.4 Å². The molecule has 49 heavy (non-hydrogen) atoms. The Balaban J connectivity index is 1.07. The van der Waals surface area contributed by atoms with Crippen LogP contribution in [0.1, 0.15) is 0 Å². The first kappa shape index (κ1) is 28.8. The summed E-state index contributed by atoms with van der Waals surface area (Å²) in [6.45, 7) is 0. The maximum absolute atomic E-state index is 2.36. The van der Waals surface area contributed by atoms with E-state index < -0.39 is 0 Å². The molecule has 0 heterocycles. The first-order valence-electron chi connectivity index (χ1n) is 16.8. The summed E-state index contributed by atoms with van der Waals surface area (Å²) in [5, 5.41) is 7.70. The second-order valence-corrected chi connectivity index (χ2v) is 12.6. The van der Waals surface area contributed by atoms with E-state index in [-0.39, 0.29) is 0 Å². The predicted octanol–water partition coefficient (Wildman–Crippen LogP) is 13.6. The molecule has 0 atom stereocenters. The van der Waals surface area contributed by atoms with Crippen molar-refractivity contribution in [2.75, 3.05) is 4.90 Å². The SMILES string of the molecule is c1ccc(-c2cccc(-c3ccc(N(c4ccccc4)c4ccc(-c5ccc6ccc7ccc8ccccc8c7c6c5)cc4)cc3)c2)cc1. The molecule has 0 saturated heterocycles. The molecule has 0 unspecified atom stereocenters. The summed E-state index contributed by atoms with van der Waals surface area (Å²) in [5.74, 6) is 0. The Kier molecular flexibility index (Phi) is 7.22. The van der Waals surface area contributed by atoms with Crippen LogP contribution in [0, 0.1) is 0 Å². The monoisotopic (exact) mass is 623 g/mol. The Morgan fingerprint density at radius 1 is 0.245 bits per heavy atom. The number of hydrogen-bond donors (Lipinski definition) is 0. The van der Waals surface area contributed by atoms with Crippen molar-refractivity contribution in [2.24, 2.45) is 0 Å². The molecule has 0 aliphatic heterocycles. The molecule has 9 aromatic rings. The van der Waals surface area contributed by atoms with Crippen LogP contribution in [0.15, 0.2) is 200 Å². The minimum atomic E-state index is 1.12. The van der Waals surface area contributed by atoms with E-state index in [4.69, 9.17) is 0 Å². The smallest absolute Gasteiger partial charge is 0.0462 e. The average molecular weight is 624 g/mol. The van der Waals surface area contributed by atoms with Crippen molar-refractivity contribution < 1.29 is 0 Å². The summed E-state index contributed by atoms with van der Waals surface area (Å²) in [4.78, 5) is 2.33. The van der Waals surface area contributed by atoms with Gasteiger partial charge in [-0.1, -0.05) is 152 Å². The molecule has 0 amide bonds. The Morgan fingerprint density at radius 2 is 0.673 bits per heavy atom. The molecule has 0 aliphatic rings. The van der Waals surface area contributed by atoms with Crippen LogP contribution in [-0.2, 0) is 0 Å². The first-order valence-corrected chi connectivity index (χ1v) is 16.8. The van der Waals surface area contributed by atoms with Gasteiger partial charge < -0.3 is 4.90 Å². The van der Waals surface area contributed by atoms with Gasteiger partial charge in [-0.15, -0.1) is 0 Å². The second kappa shape index (κ2) is 12.3. The van der Waals surface area contributed by atoms with Crippen molar-refractivity contribution in [3.63, 3.8) is 0 Å². The summed E-state index contributed by atoms with van der Waals surface area (Å²) in [6, 6.07) is 72.3. The van der Waals surface area contributed by atoms with Gasteiger partial charge in [0.1, 0.15) is 0 Å². The van der Waals surface area contributed by atoms with Crippen LogP contribution in [0.25, 0.3) is 65.7 Å². The van der Waals surface area contributed by atoms with E-state index in [1.54, 1.807) is 0 Å². The summed E-state index contributed by atoms with van der Waals surface area (Å²) < 4.78 is 0. The Bertz CT molecular complexity index is 2560. The van der Waals surface area contributed by atoms with Crippen molar-refractivity contribution in [2.45, 2.75) is 0 Å². The molecule has 0 fully saturated rings. The van der Waals surface area contributed by atoms with Crippen LogP contribution in [0.4, 0.5) is 17.1 Å². The van der Waals surface area contributed by atoms with Gasteiger partial charge in [-0.25, -0.2) is 0 Å². The lowest BCUT2D eigenvalue weighted by molar-refractivity contribution is 1.28. The van der Waals surface area contributed by atoms with Gasteiger partial charge in [0.25, 0.3) is 0 Å². The predicted molar refractivity (Wildman–Crippen MR) is 210 cm³/mol. The fourth-order valence-corrected chi connectivity index (χ4v) is 7.14. The van der Waals surface area contributed by atoms with Gasteiger partial charge in [0, 0.05) is 17.1 Å². The summed E-state index contributed by atoms with van der Waals surface area (Å²) in [5.41, 5.74) is 10.6. The third-order valence-electron chi connectivity index (χ3n) is 9.63. The average Bonchev–Trinajstić information content (AvgIpc) is 3.19. The van der Waals surface area contributed by atoms with Gasteiger partial charge in [-0.05, 0) is 114 Å². The number of para-hydroxylation sites is 1. The molecule has 9 rings (SSSR count). The lowest BCUT2D eigenvalue weighted by atomic mass is 9.94. The zero-order valence-electron chi connectivity index (χ0n) is 27.0. The highest BCUT2D eigenvalue weighted by Crippen LogP contribution is 2.38. The van der Waals surface area contributed by atoms with E-state index in [2.05, 4.69) is 205 Å². The number of rotatable bonds is 6. The van der Waals surface area contributed by atoms with Gasteiger partial charge in [0.2, 0.25) is 0 Å². The van der Waals surface area contributed by atoms with Crippen molar-refractivity contribution in [3.8, 4) is 33.4 Å². The molecule has 0 aromatic heterocycles. The van der Waals surface area contributed by atoms with E-state index in [9.17, 15) is 0 Å². The maximum atomic E-state index is 2.36. The van der Waals surface area contributed by atoms with Crippen molar-refractivity contribution in [1.29, 1.82) is 0 Å². The van der Waals surface area contributed by atoms with Crippen LogP contribution < -0.4 is 4.90 Å². The molecule has 1 nitrogen and oxygen atoms in total. The summed E-state index contributed by atoms with van der Waals surface area (Å²) >= 11 is 0. The number of anilines is 3. The Hall–Kier alpha value is -6.44. The van der Waals surface area contributed by atoms with E-state index in [0.29, 0.717) is 0 Å². The topological polar surface area (TPSA) is 3.24 Å². The lowest BCUT2D eigenvalue weighted by Crippen LogP contribution is -2.09. The van der Waals surface area contributed by atoms with Crippen molar-refractivity contribution in [1.82, 2.24) is 0 Å².